The topological polar surface area (TPSA) is 79.3 Å². The maximum atomic E-state index is 13.1. The van der Waals surface area contributed by atoms with Gasteiger partial charge in [-0.2, -0.15) is 0 Å². The number of aliphatic hydroxyl groups is 1. The smallest absolute Gasteiger partial charge is 0.295 e. The Hall–Kier alpha value is -3.84. The molecular formula is C28H32N2O5. The first kappa shape index (κ1) is 25.8. The number of ketones is 1. The summed E-state index contributed by atoms with van der Waals surface area (Å²) >= 11 is 0. The largest absolute Gasteiger partial charge is 0.507 e. The summed E-state index contributed by atoms with van der Waals surface area (Å²) in [6.45, 7) is 9.14. The van der Waals surface area contributed by atoms with Crippen LogP contribution in [0.3, 0.4) is 0 Å². The second-order valence-corrected chi connectivity index (χ2v) is 8.44. The van der Waals surface area contributed by atoms with Crippen molar-refractivity contribution in [2.24, 2.45) is 0 Å². The molecule has 7 nitrogen and oxygen atoms in total. The summed E-state index contributed by atoms with van der Waals surface area (Å²) in [6.07, 6.45) is 3.98. The number of carbonyl (C=O) groups excluding carboxylic acids is 2. The highest BCUT2D eigenvalue weighted by Crippen LogP contribution is 2.40. The van der Waals surface area contributed by atoms with Gasteiger partial charge in [-0.05, 0) is 69.0 Å². The number of benzene rings is 2. The number of likely N-dealkylation sites (tertiary alicyclic amines) is 1. The van der Waals surface area contributed by atoms with Crippen molar-refractivity contribution in [2.75, 3.05) is 40.4 Å². The molecule has 0 bridgehead atoms. The number of hydrogen-bond donors (Lipinski definition) is 1. The third kappa shape index (κ3) is 6.19. The van der Waals surface area contributed by atoms with Crippen LogP contribution in [0, 0.1) is 0 Å². The van der Waals surface area contributed by atoms with Crippen LogP contribution in [-0.4, -0.2) is 67.0 Å². The molecule has 1 fully saturated rings. The van der Waals surface area contributed by atoms with Crippen molar-refractivity contribution in [3.05, 3.63) is 90.5 Å². The summed E-state index contributed by atoms with van der Waals surface area (Å²) < 4.78 is 11.1. The molecule has 184 valence electrons. The second kappa shape index (κ2) is 12.0. The summed E-state index contributed by atoms with van der Waals surface area (Å²) in [7, 11) is 3.91. The van der Waals surface area contributed by atoms with Gasteiger partial charge in [-0.15, -0.1) is 0 Å². The maximum absolute atomic E-state index is 13.1. The number of hydrogen-bond acceptors (Lipinski definition) is 6. The second-order valence-electron chi connectivity index (χ2n) is 8.44. The fourth-order valence-corrected chi connectivity index (χ4v) is 3.94. The van der Waals surface area contributed by atoms with E-state index in [1.807, 2.05) is 31.1 Å². The number of amides is 1. The molecule has 1 unspecified atom stereocenters. The molecule has 0 saturated carbocycles. The van der Waals surface area contributed by atoms with Crippen LogP contribution in [0.25, 0.3) is 5.76 Å². The van der Waals surface area contributed by atoms with E-state index in [2.05, 4.69) is 13.2 Å². The van der Waals surface area contributed by atoms with Crippen LogP contribution >= 0.6 is 0 Å². The third-order valence-corrected chi connectivity index (χ3v) is 5.60. The molecule has 1 atom stereocenters. The van der Waals surface area contributed by atoms with Crippen molar-refractivity contribution < 1.29 is 24.2 Å². The molecule has 1 heterocycles. The quantitative estimate of drug-likeness (QED) is 0.214. The van der Waals surface area contributed by atoms with E-state index < -0.39 is 17.7 Å². The van der Waals surface area contributed by atoms with Gasteiger partial charge in [-0.3, -0.25) is 9.59 Å². The third-order valence-electron chi connectivity index (χ3n) is 5.60. The first-order chi connectivity index (χ1) is 16.9. The molecule has 3 rings (SSSR count). The highest BCUT2D eigenvalue weighted by atomic mass is 16.5. The first-order valence-corrected chi connectivity index (χ1v) is 11.5. The molecule has 1 amide bonds. The van der Waals surface area contributed by atoms with Gasteiger partial charge in [-0.1, -0.05) is 37.4 Å². The summed E-state index contributed by atoms with van der Waals surface area (Å²) in [5.74, 6) is -0.277. The molecule has 0 aromatic heterocycles. The monoisotopic (exact) mass is 476 g/mol. The standard InChI is InChI=1S/C28H32N2O5/c1-5-18-34-22-12-8-20(9-13-22)25-24(27(32)28(33)30(25)17-7-16-29(3)4)26(31)21-10-14-23(15-11-21)35-19-6-2/h5-6,8-15,25,31H,1-2,7,16-19H2,3-4H3/b26-24-. The highest BCUT2D eigenvalue weighted by Gasteiger charge is 2.45. The molecule has 7 heteroatoms. The fourth-order valence-electron chi connectivity index (χ4n) is 3.94. The Morgan fingerprint density at radius 1 is 0.971 bits per heavy atom. The number of rotatable bonds is 12. The van der Waals surface area contributed by atoms with E-state index >= 15 is 0 Å². The van der Waals surface area contributed by atoms with Gasteiger partial charge >= 0.3 is 0 Å². The van der Waals surface area contributed by atoms with Crippen molar-refractivity contribution in [1.82, 2.24) is 9.80 Å². The molecule has 35 heavy (non-hydrogen) atoms. The number of carbonyl (C=O) groups is 2. The molecule has 0 spiro atoms. The molecule has 0 aliphatic carbocycles. The minimum atomic E-state index is -0.706. The van der Waals surface area contributed by atoms with E-state index in [1.54, 1.807) is 53.5 Å². The summed E-state index contributed by atoms with van der Waals surface area (Å²) in [5, 5.41) is 11.2. The zero-order valence-corrected chi connectivity index (χ0v) is 20.3. The van der Waals surface area contributed by atoms with Crippen molar-refractivity contribution >= 4 is 17.4 Å². The average Bonchev–Trinajstić information content (AvgIpc) is 3.11. The Kier molecular flexibility index (Phi) is 8.86. The van der Waals surface area contributed by atoms with Gasteiger partial charge in [0, 0.05) is 12.1 Å². The van der Waals surface area contributed by atoms with Crippen LogP contribution in [0.15, 0.2) is 79.4 Å². The van der Waals surface area contributed by atoms with Gasteiger partial charge in [0.05, 0.1) is 11.6 Å². The molecular weight excluding hydrogens is 444 g/mol. The predicted molar refractivity (Wildman–Crippen MR) is 136 cm³/mol. The predicted octanol–water partition coefficient (Wildman–Crippen LogP) is 4.19. The number of ether oxygens (including phenoxy) is 2. The first-order valence-electron chi connectivity index (χ1n) is 11.5. The van der Waals surface area contributed by atoms with E-state index in [1.165, 1.54) is 0 Å². The Labute approximate surface area is 206 Å². The Morgan fingerprint density at radius 3 is 2.03 bits per heavy atom. The molecule has 2 aromatic carbocycles. The van der Waals surface area contributed by atoms with Crippen LogP contribution in [0.2, 0.25) is 0 Å². The van der Waals surface area contributed by atoms with E-state index in [0.29, 0.717) is 48.8 Å². The summed E-state index contributed by atoms with van der Waals surface area (Å²) in [6, 6.07) is 13.2. The van der Waals surface area contributed by atoms with E-state index in [9.17, 15) is 14.7 Å². The van der Waals surface area contributed by atoms with Crippen LogP contribution < -0.4 is 9.47 Å². The minimum Gasteiger partial charge on any atom is -0.507 e. The highest BCUT2D eigenvalue weighted by molar-refractivity contribution is 6.46. The Balaban J connectivity index is 2.00. The van der Waals surface area contributed by atoms with Gasteiger partial charge in [0.1, 0.15) is 30.5 Å². The lowest BCUT2D eigenvalue weighted by atomic mass is 9.95. The summed E-state index contributed by atoms with van der Waals surface area (Å²) in [4.78, 5) is 29.7. The molecule has 1 N–H and O–H groups in total. The lowest BCUT2D eigenvalue weighted by Gasteiger charge is -2.26. The van der Waals surface area contributed by atoms with E-state index in [4.69, 9.17) is 9.47 Å². The maximum Gasteiger partial charge on any atom is 0.295 e. The molecule has 2 aromatic rings. The van der Waals surface area contributed by atoms with Crippen molar-refractivity contribution in [2.45, 2.75) is 12.5 Å². The minimum absolute atomic E-state index is 0.0689. The Morgan fingerprint density at radius 2 is 1.51 bits per heavy atom. The number of Topliss-reactive ketones (excluding diaryl/α,β-unsaturated/α-hetero) is 1. The zero-order chi connectivity index (χ0) is 25.4. The van der Waals surface area contributed by atoms with Crippen LogP contribution in [0.4, 0.5) is 0 Å². The van der Waals surface area contributed by atoms with Crippen molar-refractivity contribution in [1.29, 1.82) is 0 Å². The zero-order valence-electron chi connectivity index (χ0n) is 20.3. The van der Waals surface area contributed by atoms with Gasteiger partial charge in [0.25, 0.3) is 11.7 Å². The number of aliphatic hydroxyl groups excluding tert-OH is 1. The average molecular weight is 477 g/mol. The molecule has 1 aliphatic heterocycles. The molecule has 1 aliphatic rings. The van der Waals surface area contributed by atoms with E-state index in [0.717, 1.165) is 6.54 Å². The van der Waals surface area contributed by atoms with Crippen molar-refractivity contribution in [3.63, 3.8) is 0 Å². The Bertz CT molecular complexity index is 1090. The SMILES string of the molecule is C=CCOc1ccc(/C(O)=C2/C(=O)C(=O)N(CCCN(C)C)C2c2ccc(OCC=C)cc2)cc1. The van der Waals surface area contributed by atoms with Crippen LogP contribution in [-0.2, 0) is 9.59 Å². The normalized spacial score (nSPS) is 17.0. The lowest BCUT2D eigenvalue weighted by Crippen LogP contribution is -2.32. The van der Waals surface area contributed by atoms with Gasteiger partial charge in [-0.25, -0.2) is 0 Å². The van der Waals surface area contributed by atoms with Crippen LogP contribution in [0.5, 0.6) is 11.5 Å². The molecule has 1 saturated heterocycles. The van der Waals surface area contributed by atoms with Gasteiger partial charge < -0.3 is 24.4 Å². The molecule has 0 radical (unpaired) electrons. The summed E-state index contributed by atoms with van der Waals surface area (Å²) in [5.41, 5.74) is 1.21. The lowest BCUT2D eigenvalue weighted by molar-refractivity contribution is -0.139. The van der Waals surface area contributed by atoms with Gasteiger partial charge in [0.2, 0.25) is 0 Å². The van der Waals surface area contributed by atoms with Gasteiger partial charge in [0.15, 0.2) is 0 Å². The van der Waals surface area contributed by atoms with Crippen LogP contribution in [0.1, 0.15) is 23.6 Å². The fraction of sp³-hybridized carbons (Fsp3) is 0.286. The van der Waals surface area contributed by atoms with Crippen molar-refractivity contribution in [3.8, 4) is 11.5 Å². The van der Waals surface area contributed by atoms with E-state index in [-0.39, 0.29) is 11.3 Å². The number of nitrogens with zero attached hydrogens (tertiary/aromatic N) is 2.